The first-order valence-electron chi connectivity index (χ1n) is 7.90. The molecule has 2 rings (SSSR count). The van der Waals surface area contributed by atoms with E-state index < -0.39 is 0 Å². The number of amides is 3. The van der Waals surface area contributed by atoms with Crippen molar-refractivity contribution in [2.45, 2.75) is 19.4 Å². The van der Waals surface area contributed by atoms with Crippen LogP contribution in [0.1, 0.15) is 24.1 Å². The van der Waals surface area contributed by atoms with Crippen LogP contribution in [0.5, 0.6) is 0 Å². The second-order valence-electron chi connectivity index (χ2n) is 5.41. The first kappa shape index (κ1) is 17.5. The summed E-state index contributed by atoms with van der Waals surface area (Å²) in [4.78, 5) is 27.5. The Morgan fingerprint density at radius 1 is 1.04 bits per heavy atom. The summed E-state index contributed by atoms with van der Waals surface area (Å²) in [6.07, 6.45) is 4.11. The van der Waals surface area contributed by atoms with Crippen LogP contribution in [0.3, 0.4) is 0 Å². The molecule has 0 saturated heterocycles. The Morgan fingerprint density at radius 2 is 1.75 bits per heavy atom. The van der Waals surface area contributed by atoms with E-state index in [4.69, 9.17) is 0 Å². The lowest BCUT2D eigenvalue weighted by molar-refractivity contribution is -0.120. The number of carbonyl (C=O) groups excluding carboxylic acids is 2. The maximum absolute atomic E-state index is 11.8. The molecule has 1 unspecified atom stereocenters. The van der Waals surface area contributed by atoms with Gasteiger partial charge >= 0.3 is 6.03 Å². The Labute approximate surface area is 141 Å². The topological polar surface area (TPSA) is 83.1 Å². The van der Waals surface area contributed by atoms with Crippen LogP contribution in [0.25, 0.3) is 0 Å². The molecule has 0 spiro atoms. The van der Waals surface area contributed by atoms with Crippen molar-refractivity contribution >= 4 is 11.9 Å². The van der Waals surface area contributed by atoms with Gasteiger partial charge in [-0.1, -0.05) is 30.3 Å². The lowest BCUT2D eigenvalue weighted by Crippen LogP contribution is -2.43. The van der Waals surface area contributed by atoms with Gasteiger partial charge in [0, 0.05) is 18.9 Å². The molecule has 1 aromatic heterocycles. The molecular formula is C18H22N4O2. The van der Waals surface area contributed by atoms with Crippen LogP contribution in [0, 0.1) is 0 Å². The molecule has 0 radical (unpaired) electrons. The van der Waals surface area contributed by atoms with Crippen molar-refractivity contribution in [3.05, 3.63) is 66.0 Å². The van der Waals surface area contributed by atoms with E-state index in [-0.39, 0.29) is 24.5 Å². The van der Waals surface area contributed by atoms with Gasteiger partial charge in [0.1, 0.15) is 0 Å². The molecule has 0 bridgehead atoms. The number of urea groups is 1. The molecule has 0 saturated carbocycles. The number of rotatable bonds is 7. The molecule has 126 valence electrons. The molecule has 0 aliphatic rings. The zero-order valence-electron chi connectivity index (χ0n) is 13.7. The van der Waals surface area contributed by atoms with Crippen LogP contribution < -0.4 is 16.0 Å². The monoisotopic (exact) mass is 326 g/mol. The fourth-order valence-corrected chi connectivity index (χ4v) is 2.20. The van der Waals surface area contributed by atoms with Gasteiger partial charge in [-0.2, -0.15) is 0 Å². The number of nitrogens with zero attached hydrogens (tertiary/aromatic N) is 1. The van der Waals surface area contributed by atoms with Crippen molar-refractivity contribution in [2.24, 2.45) is 0 Å². The average molecular weight is 326 g/mol. The summed E-state index contributed by atoms with van der Waals surface area (Å²) in [5.41, 5.74) is 2.11. The number of hydrogen-bond acceptors (Lipinski definition) is 3. The maximum Gasteiger partial charge on any atom is 0.315 e. The van der Waals surface area contributed by atoms with E-state index in [1.54, 1.807) is 12.4 Å². The predicted molar refractivity (Wildman–Crippen MR) is 92.3 cm³/mol. The molecule has 3 N–H and O–H groups in total. The van der Waals surface area contributed by atoms with E-state index >= 15 is 0 Å². The van der Waals surface area contributed by atoms with Gasteiger partial charge in [-0.15, -0.1) is 0 Å². The van der Waals surface area contributed by atoms with Crippen LogP contribution in [-0.2, 0) is 11.2 Å². The molecule has 6 nitrogen and oxygen atoms in total. The zero-order valence-corrected chi connectivity index (χ0v) is 13.7. The van der Waals surface area contributed by atoms with Crippen LogP contribution in [-0.4, -0.2) is 30.0 Å². The molecule has 1 aromatic carbocycles. The third-order valence-corrected chi connectivity index (χ3v) is 3.54. The molecule has 3 amide bonds. The zero-order chi connectivity index (χ0) is 17.2. The van der Waals surface area contributed by atoms with Crippen LogP contribution in [0.4, 0.5) is 4.79 Å². The minimum atomic E-state index is -0.377. The summed E-state index contributed by atoms with van der Waals surface area (Å²) in [7, 11) is 0. The summed E-state index contributed by atoms with van der Waals surface area (Å²) in [5.74, 6) is -0.211. The van der Waals surface area contributed by atoms with Gasteiger partial charge in [0.2, 0.25) is 5.91 Å². The first-order valence-corrected chi connectivity index (χ1v) is 7.90. The van der Waals surface area contributed by atoms with Gasteiger partial charge in [-0.3, -0.25) is 9.78 Å². The number of aromatic nitrogens is 1. The van der Waals surface area contributed by atoms with Crippen molar-refractivity contribution in [3.63, 3.8) is 0 Å². The highest BCUT2D eigenvalue weighted by molar-refractivity contribution is 5.84. The maximum atomic E-state index is 11.8. The second kappa shape index (κ2) is 9.29. The molecule has 0 aliphatic heterocycles. The summed E-state index contributed by atoms with van der Waals surface area (Å²) >= 11 is 0. The third-order valence-electron chi connectivity index (χ3n) is 3.54. The van der Waals surface area contributed by atoms with Crippen molar-refractivity contribution in [3.8, 4) is 0 Å². The van der Waals surface area contributed by atoms with E-state index in [0.717, 1.165) is 17.5 Å². The standard InChI is InChI=1S/C18H22N4O2/c1-14(16-8-10-19-11-9-16)22-18(24)21-13-17(23)20-12-7-15-5-3-2-4-6-15/h2-6,8-11,14H,7,12-13H2,1H3,(H,20,23)(H2,21,22,24). The van der Waals surface area contributed by atoms with E-state index in [9.17, 15) is 9.59 Å². The largest absolute Gasteiger partial charge is 0.354 e. The number of hydrogen-bond donors (Lipinski definition) is 3. The summed E-state index contributed by atoms with van der Waals surface area (Å²) in [5, 5.41) is 8.11. The minimum Gasteiger partial charge on any atom is -0.354 e. The SMILES string of the molecule is CC(NC(=O)NCC(=O)NCCc1ccccc1)c1ccncc1. The Balaban J connectivity index is 1.63. The highest BCUT2D eigenvalue weighted by atomic mass is 16.2. The number of nitrogens with one attached hydrogen (secondary N) is 3. The normalized spacial score (nSPS) is 11.4. The molecule has 2 aromatic rings. The summed E-state index contributed by atoms with van der Waals surface area (Å²) in [6, 6.07) is 13.0. The Morgan fingerprint density at radius 3 is 2.46 bits per heavy atom. The number of pyridine rings is 1. The average Bonchev–Trinajstić information content (AvgIpc) is 2.61. The van der Waals surface area contributed by atoms with Crippen LogP contribution in [0.2, 0.25) is 0 Å². The molecule has 1 atom stereocenters. The smallest absolute Gasteiger partial charge is 0.315 e. The van der Waals surface area contributed by atoms with E-state index in [1.165, 1.54) is 0 Å². The molecular weight excluding hydrogens is 304 g/mol. The Bertz CT molecular complexity index is 647. The lowest BCUT2D eigenvalue weighted by Gasteiger charge is -2.14. The second-order valence-corrected chi connectivity index (χ2v) is 5.41. The van der Waals surface area contributed by atoms with E-state index in [0.29, 0.717) is 6.54 Å². The highest BCUT2D eigenvalue weighted by Gasteiger charge is 2.10. The fraction of sp³-hybridized carbons (Fsp3) is 0.278. The molecule has 0 aliphatic carbocycles. The van der Waals surface area contributed by atoms with Crippen molar-refractivity contribution in [1.29, 1.82) is 0 Å². The molecule has 0 fully saturated rings. The summed E-state index contributed by atoms with van der Waals surface area (Å²) in [6.45, 7) is 2.36. The lowest BCUT2D eigenvalue weighted by atomic mass is 10.1. The molecule has 6 heteroatoms. The van der Waals surface area contributed by atoms with Gasteiger partial charge in [0.25, 0.3) is 0 Å². The molecule has 24 heavy (non-hydrogen) atoms. The first-order chi connectivity index (χ1) is 11.6. The fourth-order valence-electron chi connectivity index (χ4n) is 2.20. The van der Waals surface area contributed by atoms with Crippen molar-refractivity contribution < 1.29 is 9.59 Å². The van der Waals surface area contributed by atoms with Gasteiger partial charge in [-0.05, 0) is 36.6 Å². The van der Waals surface area contributed by atoms with E-state index in [1.807, 2.05) is 49.4 Å². The number of benzene rings is 1. The van der Waals surface area contributed by atoms with Gasteiger partial charge in [-0.25, -0.2) is 4.79 Å². The Kier molecular flexibility index (Phi) is 6.76. The van der Waals surface area contributed by atoms with Gasteiger partial charge < -0.3 is 16.0 Å². The Hall–Kier alpha value is -2.89. The van der Waals surface area contributed by atoms with Crippen LogP contribution >= 0.6 is 0 Å². The van der Waals surface area contributed by atoms with E-state index in [2.05, 4.69) is 20.9 Å². The van der Waals surface area contributed by atoms with Crippen LogP contribution in [0.15, 0.2) is 54.9 Å². The number of carbonyl (C=O) groups is 2. The van der Waals surface area contributed by atoms with Crippen molar-refractivity contribution in [1.82, 2.24) is 20.9 Å². The van der Waals surface area contributed by atoms with Crippen molar-refractivity contribution in [2.75, 3.05) is 13.1 Å². The third kappa shape index (κ3) is 6.08. The quantitative estimate of drug-likeness (QED) is 0.725. The van der Waals surface area contributed by atoms with Gasteiger partial charge in [0.05, 0.1) is 12.6 Å². The summed E-state index contributed by atoms with van der Waals surface area (Å²) < 4.78 is 0. The van der Waals surface area contributed by atoms with Gasteiger partial charge in [0.15, 0.2) is 0 Å². The minimum absolute atomic E-state index is 0.0519. The highest BCUT2D eigenvalue weighted by Crippen LogP contribution is 2.09. The predicted octanol–water partition coefficient (Wildman–Crippen LogP) is 1.80. The molecule has 1 heterocycles.